The Kier molecular flexibility index (Phi) is 5.09. The molecule has 2 amide bonds. The van der Waals surface area contributed by atoms with Crippen LogP contribution in [0.4, 0.5) is 11.4 Å². The molecular weight excluding hydrogens is 336 g/mol. The van der Waals surface area contributed by atoms with Crippen LogP contribution >= 0.6 is 11.6 Å². The van der Waals surface area contributed by atoms with Gasteiger partial charge in [0, 0.05) is 35.9 Å². The highest BCUT2D eigenvalue weighted by Gasteiger charge is 2.37. The average Bonchev–Trinajstić information content (AvgIpc) is 3.00. The molecule has 25 heavy (non-hydrogen) atoms. The van der Waals surface area contributed by atoms with Crippen molar-refractivity contribution in [2.24, 2.45) is 5.92 Å². The molecule has 1 aliphatic heterocycles. The molecule has 1 aliphatic rings. The molecule has 0 radical (unpaired) electrons. The Hall–Kier alpha value is -2.33. The van der Waals surface area contributed by atoms with Crippen molar-refractivity contribution in [3.8, 4) is 0 Å². The van der Waals surface area contributed by atoms with E-state index in [1.807, 2.05) is 50.2 Å². The standard InChI is InChI=1S/C20H21ClN2O2/c1-3-22(17-7-5-4-6-8-17)20(25)15-11-19(24)23(13-15)18-12-16(21)10-9-14(18)2/h4-10,12,15H,3,11,13H2,1-2H3. The maximum absolute atomic E-state index is 13.0. The van der Waals surface area contributed by atoms with Crippen molar-refractivity contribution in [2.75, 3.05) is 22.9 Å². The fourth-order valence-electron chi connectivity index (χ4n) is 3.27. The Labute approximate surface area is 153 Å². The molecule has 1 heterocycles. The summed E-state index contributed by atoms with van der Waals surface area (Å²) in [6.07, 6.45) is 0.230. The molecule has 0 aromatic heterocycles. The number of halogens is 1. The van der Waals surface area contributed by atoms with E-state index in [0.717, 1.165) is 16.9 Å². The van der Waals surface area contributed by atoms with Gasteiger partial charge in [0.05, 0.1) is 5.92 Å². The summed E-state index contributed by atoms with van der Waals surface area (Å²) in [5.74, 6) is -0.386. The Morgan fingerprint density at radius 3 is 2.64 bits per heavy atom. The van der Waals surface area contributed by atoms with Crippen LogP contribution < -0.4 is 9.80 Å². The van der Waals surface area contributed by atoms with E-state index < -0.39 is 0 Å². The van der Waals surface area contributed by atoms with E-state index >= 15 is 0 Å². The lowest BCUT2D eigenvalue weighted by atomic mass is 10.1. The van der Waals surface area contributed by atoms with Crippen molar-refractivity contribution in [1.82, 2.24) is 0 Å². The van der Waals surface area contributed by atoms with Crippen LogP contribution in [0.3, 0.4) is 0 Å². The van der Waals surface area contributed by atoms with E-state index in [4.69, 9.17) is 11.6 Å². The molecule has 1 atom stereocenters. The largest absolute Gasteiger partial charge is 0.312 e. The minimum atomic E-state index is -0.342. The second-order valence-corrected chi connectivity index (χ2v) is 6.69. The predicted molar refractivity (Wildman–Crippen MR) is 101 cm³/mol. The van der Waals surface area contributed by atoms with Crippen LogP contribution in [-0.2, 0) is 9.59 Å². The highest BCUT2D eigenvalue weighted by Crippen LogP contribution is 2.31. The lowest BCUT2D eigenvalue weighted by Gasteiger charge is -2.24. The molecule has 0 aliphatic carbocycles. The van der Waals surface area contributed by atoms with Gasteiger partial charge in [0.15, 0.2) is 0 Å². The molecule has 130 valence electrons. The fourth-order valence-corrected chi connectivity index (χ4v) is 3.44. The van der Waals surface area contributed by atoms with Crippen LogP contribution in [0.2, 0.25) is 5.02 Å². The van der Waals surface area contributed by atoms with Gasteiger partial charge < -0.3 is 9.80 Å². The lowest BCUT2D eigenvalue weighted by molar-refractivity contribution is -0.124. The average molecular weight is 357 g/mol. The number of carbonyl (C=O) groups excluding carboxylic acids is 2. The van der Waals surface area contributed by atoms with Crippen LogP contribution in [0.25, 0.3) is 0 Å². The molecule has 3 rings (SSSR count). The lowest BCUT2D eigenvalue weighted by Crippen LogP contribution is -2.37. The second kappa shape index (κ2) is 7.28. The van der Waals surface area contributed by atoms with Crippen LogP contribution in [0.15, 0.2) is 48.5 Å². The molecular formula is C20H21ClN2O2. The number of anilines is 2. The predicted octanol–water partition coefficient (Wildman–Crippen LogP) is 4.05. The van der Waals surface area contributed by atoms with Crippen LogP contribution in [-0.4, -0.2) is 24.9 Å². The quantitative estimate of drug-likeness (QED) is 0.829. The number of amides is 2. The third-order valence-corrected chi connectivity index (χ3v) is 4.82. The van der Waals surface area contributed by atoms with Crippen molar-refractivity contribution >= 4 is 34.8 Å². The first-order chi connectivity index (χ1) is 12.0. The summed E-state index contributed by atoms with van der Waals surface area (Å²) in [5, 5.41) is 0.586. The van der Waals surface area contributed by atoms with Crippen LogP contribution in [0.1, 0.15) is 18.9 Å². The van der Waals surface area contributed by atoms with Crippen molar-refractivity contribution in [3.05, 3.63) is 59.1 Å². The zero-order chi connectivity index (χ0) is 18.0. The highest BCUT2D eigenvalue weighted by molar-refractivity contribution is 6.31. The van der Waals surface area contributed by atoms with E-state index in [-0.39, 0.29) is 24.2 Å². The summed E-state index contributed by atoms with van der Waals surface area (Å²) < 4.78 is 0. The van der Waals surface area contributed by atoms with Gasteiger partial charge in [-0.25, -0.2) is 0 Å². The van der Waals surface area contributed by atoms with Gasteiger partial charge in [0.25, 0.3) is 0 Å². The smallest absolute Gasteiger partial charge is 0.232 e. The number of rotatable bonds is 4. The first-order valence-corrected chi connectivity index (χ1v) is 8.82. The molecule has 1 unspecified atom stereocenters. The summed E-state index contributed by atoms with van der Waals surface area (Å²) in [5.41, 5.74) is 2.62. The van der Waals surface area contributed by atoms with Crippen molar-refractivity contribution in [2.45, 2.75) is 20.3 Å². The van der Waals surface area contributed by atoms with Crippen molar-refractivity contribution < 1.29 is 9.59 Å². The minimum Gasteiger partial charge on any atom is -0.312 e. The molecule has 0 N–H and O–H groups in total. The zero-order valence-corrected chi connectivity index (χ0v) is 15.2. The Morgan fingerprint density at radius 1 is 1.24 bits per heavy atom. The molecule has 2 aromatic rings. The van der Waals surface area contributed by atoms with Crippen LogP contribution in [0, 0.1) is 12.8 Å². The number of para-hydroxylation sites is 1. The number of aryl methyl sites for hydroxylation is 1. The number of hydrogen-bond acceptors (Lipinski definition) is 2. The number of benzene rings is 2. The van der Waals surface area contributed by atoms with E-state index in [1.165, 1.54) is 0 Å². The summed E-state index contributed by atoms with van der Waals surface area (Å²) in [4.78, 5) is 28.9. The molecule has 1 saturated heterocycles. The van der Waals surface area contributed by atoms with Gasteiger partial charge >= 0.3 is 0 Å². The van der Waals surface area contributed by atoms with Crippen molar-refractivity contribution in [3.63, 3.8) is 0 Å². The van der Waals surface area contributed by atoms with Crippen LogP contribution in [0.5, 0.6) is 0 Å². The first-order valence-electron chi connectivity index (χ1n) is 8.44. The third kappa shape index (κ3) is 3.54. The SMILES string of the molecule is CCN(C(=O)C1CC(=O)N(c2cc(Cl)ccc2C)C1)c1ccccc1. The maximum Gasteiger partial charge on any atom is 0.232 e. The van der Waals surface area contributed by atoms with Gasteiger partial charge in [-0.3, -0.25) is 9.59 Å². The maximum atomic E-state index is 13.0. The normalized spacial score (nSPS) is 17.0. The van der Waals surface area contributed by atoms with Crippen molar-refractivity contribution in [1.29, 1.82) is 0 Å². The Morgan fingerprint density at radius 2 is 1.96 bits per heavy atom. The molecule has 0 spiro atoms. The summed E-state index contributed by atoms with van der Waals surface area (Å²) in [7, 11) is 0. The van der Waals surface area contributed by atoms with Gasteiger partial charge in [-0.2, -0.15) is 0 Å². The zero-order valence-electron chi connectivity index (χ0n) is 14.4. The Bertz CT molecular complexity index is 792. The van der Waals surface area contributed by atoms with Gasteiger partial charge in [0.2, 0.25) is 11.8 Å². The topological polar surface area (TPSA) is 40.6 Å². The van der Waals surface area contributed by atoms with E-state index in [2.05, 4.69) is 0 Å². The number of nitrogens with zero attached hydrogens (tertiary/aromatic N) is 2. The molecule has 1 fully saturated rings. The monoisotopic (exact) mass is 356 g/mol. The molecule has 0 saturated carbocycles. The summed E-state index contributed by atoms with van der Waals surface area (Å²) in [6, 6.07) is 15.1. The molecule has 2 aromatic carbocycles. The number of carbonyl (C=O) groups is 2. The first kappa shape index (κ1) is 17.5. The van der Waals surface area contributed by atoms with Gasteiger partial charge in [-0.15, -0.1) is 0 Å². The van der Waals surface area contributed by atoms with Gasteiger partial charge in [-0.1, -0.05) is 35.9 Å². The highest BCUT2D eigenvalue weighted by atomic mass is 35.5. The molecule has 0 bridgehead atoms. The summed E-state index contributed by atoms with van der Waals surface area (Å²) >= 11 is 6.08. The summed E-state index contributed by atoms with van der Waals surface area (Å²) in [6.45, 7) is 4.85. The number of hydrogen-bond donors (Lipinski definition) is 0. The third-order valence-electron chi connectivity index (χ3n) is 4.59. The molecule has 4 nitrogen and oxygen atoms in total. The fraction of sp³-hybridized carbons (Fsp3) is 0.300. The molecule has 5 heteroatoms. The van der Waals surface area contributed by atoms with E-state index in [0.29, 0.717) is 18.1 Å². The Balaban J connectivity index is 1.82. The van der Waals surface area contributed by atoms with Gasteiger partial charge in [-0.05, 0) is 43.7 Å². The van der Waals surface area contributed by atoms with E-state index in [9.17, 15) is 9.59 Å². The minimum absolute atomic E-state index is 0.00997. The van der Waals surface area contributed by atoms with E-state index in [1.54, 1.807) is 21.9 Å². The second-order valence-electron chi connectivity index (χ2n) is 6.25. The van der Waals surface area contributed by atoms with Gasteiger partial charge in [0.1, 0.15) is 0 Å².